The summed E-state index contributed by atoms with van der Waals surface area (Å²) in [5.41, 5.74) is 0. The standard InChI is InChI=1S/C7H8O2S2/c1-11(8,9)10-7-5-3-2-4-6-7/h2-6H,1H3/i1D3. The van der Waals surface area contributed by atoms with Crippen molar-refractivity contribution in [2.45, 2.75) is 4.90 Å². The van der Waals surface area contributed by atoms with Gasteiger partial charge in [0.05, 0.1) is 0 Å². The molecule has 0 fully saturated rings. The van der Waals surface area contributed by atoms with Crippen LogP contribution in [0.15, 0.2) is 35.2 Å². The molecule has 0 unspecified atom stereocenters. The summed E-state index contributed by atoms with van der Waals surface area (Å²) in [6, 6.07) is 8.13. The lowest BCUT2D eigenvalue weighted by Crippen LogP contribution is -1.86. The Morgan fingerprint density at radius 3 is 2.55 bits per heavy atom. The van der Waals surface area contributed by atoms with Gasteiger partial charge in [0.15, 0.2) is 0 Å². The van der Waals surface area contributed by atoms with Crippen LogP contribution < -0.4 is 0 Å². The Kier molecular flexibility index (Phi) is 1.55. The quantitative estimate of drug-likeness (QED) is 0.668. The Morgan fingerprint density at radius 1 is 1.36 bits per heavy atom. The minimum absolute atomic E-state index is 0.363. The van der Waals surface area contributed by atoms with Crippen LogP contribution in [0.3, 0.4) is 0 Å². The predicted molar refractivity (Wildman–Crippen MR) is 47.1 cm³/mol. The highest BCUT2D eigenvalue weighted by atomic mass is 33.1. The molecule has 11 heavy (non-hydrogen) atoms. The number of hydrogen-bond donors (Lipinski definition) is 0. The minimum atomic E-state index is -4.13. The average Bonchev–Trinajstić information content (AvgIpc) is 2.03. The molecular formula is C7H8O2S2. The molecule has 0 radical (unpaired) electrons. The monoisotopic (exact) mass is 191 g/mol. The van der Waals surface area contributed by atoms with E-state index in [2.05, 4.69) is 0 Å². The second kappa shape index (κ2) is 3.28. The molecule has 0 saturated heterocycles. The summed E-state index contributed by atoms with van der Waals surface area (Å²) in [4.78, 5) is 0.406. The molecule has 0 bridgehead atoms. The van der Waals surface area contributed by atoms with Gasteiger partial charge in [-0.3, -0.25) is 0 Å². The van der Waals surface area contributed by atoms with Crippen LogP contribution in [-0.4, -0.2) is 14.6 Å². The first-order valence-electron chi connectivity index (χ1n) is 4.32. The molecule has 4 heteroatoms. The summed E-state index contributed by atoms with van der Waals surface area (Å²) < 4.78 is 42.9. The fourth-order valence-corrected chi connectivity index (χ4v) is 2.22. The first-order valence-corrected chi connectivity index (χ1v) is 5.64. The van der Waals surface area contributed by atoms with Crippen molar-refractivity contribution >= 4 is 19.7 Å². The highest BCUT2D eigenvalue weighted by molar-refractivity contribution is 8.71. The summed E-state index contributed by atoms with van der Waals surface area (Å²) in [6.07, 6.45) is -2.96. The SMILES string of the molecule is [2H]C([2H])([2H])S(=O)(=O)Sc1ccccc1. The zero-order valence-electron chi connectivity index (χ0n) is 8.52. The first kappa shape index (κ1) is 5.22. The fourth-order valence-electron chi connectivity index (χ4n) is 0.603. The molecule has 0 amide bonds. The molecule has 0 aliphatic carbocycles. The molecule has 1 aromatic rings. The van der Waals surface area contributed by atoms with Crippen molar-refractivity contribution in [2.75, 3.05) is 6.18 Å². The maximum atomic E-state index is 11.2. The highest BCUT2D eigenvalue weighted by Crippen LogP contribution is 2.22. The van der Waals surface area contributed by atoms with Gasteiger partial charge in [-0.05, 0) is 12.1 Å². The van der Waals surface area contributed by atoms with E-state index in [9.17, 15) is 8.42 Å². The van der Waals surface area contributed by atoms with Crippen LogP contribution in [0, 0.1) is 0 Å². The Morgan fingerprint density at radius 2 is 2.00 bits per heavy atom. The number of rotatable bonds is 2. The normalized spacial score (nSPS) is 16.5. The molecule has 0 N–H and O–H groups in total. The topological polar surface area (TPSA) is 34.1 Å². The Hall–Kier alpha value is -0.480. The largest absolute Gasteiger partial charge is 0.217 e. The van der Waals surface area contributed by atoms with E-state index in [1.54, 1.807) is 30.3 Å². The van der Waals surface area contributed by atoms with Gasteiger partial charge in [0.25, 0.3) is 0 Å². The van der Waals surface area contributed by atoms with Crippen LogP contribution in [-0.2, 0) is 8.87 Å². The van der Waals surface area contributed by atoms with E-state index in [1.807, 2.05) is 0 Å². The van der Waals surface area contributed by atoms with Gasteiger partial charge in [0.1, 0.15) is 0 Å². The van der Waals surface area contributed by atoms with Crippen molar-refractivity contribution in [3.05, 3.63) is 30.3 Å². The average molecular weight is 191 g/mol. The lowest BCUT2D eigenvalue weighted by Gasteiger charge is -1.95. The van der Waals surface area contributed by atoms with Crippen molar-refractivity contribution in [3.8, 4) is 0 Å². The molecule has 0 saturated carbocycles. The van der Waals surface area contributed by atoms with Gasteiger partial charge in [-0.25, -0.2) is 8.42 Å². The van der Waals surface area contributed by atoms with Crippen molar-refractivity contribution in [1.29, 1.82) is 0 Å². The van der Waals surface area contributed by atoms with Crippen LogP contribution >= 0.6 is 10.8 Å². The molecule has 0 aliphatic rings. The molecule has 0 spiro atoms. The van der Waals surface area contributed by atoms with Crippen molar-refractivity contribution in [2.24, 2.45) is 0 Å². The van der Waals surface area contributed by atoms with E-state index in [0.29, 0.717) is 15.7 Å². The molecule has 0 aromatic heterocycles. The van der Waals surface area contributed by atoms with E-state index in [-0.39, 0.29) is 0 Å². The maximum Gasteiger partial charge on any atom is 0.203 e. The molecule has 0 aliphatic heterocycles. The zero-order chi connectivity index (χ0) is 10.8. The maximum absolute atomic E-state index is 11.2. The summed E-state index contributed by atoms with van der Waals surface area (Å²) in [7, 11) is -3.77. The second-order valence-corrected chi connectivity index (χ2v) is 5.21. The molecule has 0 atom stereocenters. The second-order valence-electron chi connectivity index (χ2n) is 1.85. The van der Waals surface area contributed by atoms with Crippen LogP contribution in [0.25, 0.3) is 0 Å². The van der Waals surface area contributed by atoms with E-state index >= 15 is 0 Å². The first-order chi connectivity index (χ1) is 6.33. The molecule has 0 heterocycles. The van der Waals surface area contributed by atoms with Crippen LogP contribution in [0.1, 0.15) is 4.11 Å². The van der Waals surface area contributed by atoms with Gasteiger partial charge >= 0.3 is 0 Å². The third-order valence-corrected chi connectivity index (χ3v) is 2.87. The smallest absolute Gasteiger partial charge is 0.203 e. The Labute approximate surface area is 74.2 Å². The molecule has 1 aromatic carbocycles. The van der Waals surface area contributed by atoms with Gasteiger partial charge in [-0.15, -0.1) is 0 Å². The van der Waals surface area contributed by atoms with E-state index in [1.165, 1.54) is 0 Å². The van der Waals surface area contributed by atoms with Crippen LogP contribution in [0.5, 0.6) is 0 Å². The van der Waals surface area contributed by atoms with Crippen LogP contribution in [0.4, 0.5) is 0 Å². The minimum Gasteiger partial charge on any atom is -0.217 e. The third kappa shape index (κ3) is 3.43. The Bertz CT molecular complexity index is 397. The summed E-state index contributed by atoms with van der Waals surface area (Å²) in [5.74, 6) is 0. The van der Waals surface area contributed by atoms with E-state index in [0.717, 1.165) is 0 Å². The third-order valence-electron chi connectivity index (χ3n) is 0.949. The Balaban J connectivity index is 2.91. The van der Waals surface area contributed by atoms with Crippen molar-refractivity contribution < 1.29 is 12.5 Å². The number of benzene rings is 1. The van der Waals surface area contributed by atoms with Gasteiger partial charge in [0.2, 0.25) is 8.87 Å². The molecular weight excluding hydrogens is 180 g/mol. The lowest BCUT2D eigenvalue weighted by atomic mass is 10.4. The van der Waals surface area contributed by atoms with E-state index in [4.69, 9.17) is 4.11 Å². The summed E-state index contributed by atoms with van der Waals surface area (Å²) in [6.45, 7) is 0. The highest BCUT2D eigenvalue weighted by Gasteiger charge is 2.03. The van der Waals surface area contributed by atoms with E-state index < -0.39 is 15.1 Å². The van der Waals surface area contributed by atoms with Gasteiger partial charge < -0.3 is 0 Å². The molecule has 60 valence electrons. The van der Waals surface area contributed by atoms with Crippen molar-refractivity contribution in [3.63, 3.8) is 0 Å². The van der Waals surface area contributed by atoms with Gasteiger partial charge in [-0.1, -0.05) is 18.2 Å². The lowest BCUT2D eigenvalue weighted by molar-refractivity contribution is 0.615. The van der Waals surface area contributed by atoms with Crippen molar-refractivity contribution in [1.82, 2.24) is 0 Å². The summed E-state index contributed by atoms with van der Waals surface area (Å²) >= 11 is 0. The van der Waals surface area contributed by atoms with Gasteiger partial charge in [-0.2, -0.15) is 0 Å². The fraction of sp³-hybridized carbons (Fsp3) is 0.143. The van der Waals surface area contributed by atoms with Crippen LogP contribution in [0.2, 0.25) is 0 Å². The number of hydrogen-bond acceptors (Lipinski definition) is 3. The summed E-state index contributed by atoms with van der Waals surface area (Å²) in [5, 5.41) is 0. The zero-order valence-corrected chi connectivity index (χ0v) is 7.15. The van der Waals surface area contributed by atoms with Gasteiger partial charge in [0, 0.05) is 26.0 Å². The predicted octanol–water partition coefficient (Wildman–Crippen LogP) is 1.74. The molecule has 2 nitrogen and oxygen atoms in total. The molecule has 1 rings (SSSR count).